The van der Waals surface area contributed by atoms with E-state index in [1.54, 1.807) is 6.92 Å². The van der Waals surface area contributed by atoms with E-state index >= 15 is 0 Å². The Morgan fingerprint density at radius 3 is 2.22 bits per heavy atom. The molecule has 0 spiro atoms. The maximum absolute atomic E-state index is 10.6. The second-order valence-corrected chi connectivity index (χ2v) is 5.25. The molecule has 18 heavy (non-hydrogen) atoms. The van der Waals surface area contributed by atoms with Gasteiger partial charge in [-0.1, -0.05) is 64.9 Å². The van der Waals surface area contributed by atoms with Gasteiger partial charge in [0, 0.05) is 5.57 Å². The summed E-state index contributed by atoms with van der Waals surface area (Å²) in [6, 6.07) is 0. The minimum absolute atomic E-state index is 0.477. The van der Waals surface area contributed by atoms with Gasteiger partial charge in [-0.3, -0.25) is 0 Å². The molecule has 0 aliphatic heterocycles. The normalized spacial score (nSPS) is 13.6. The summed E-state index contributed by atoms with van der Waals surface area (Å²) in [7, 11) is 0. The molecule has 0 fully saturated rings. The highest BCUT2D eigenvalue weighted by molar-refractivity contribution is 5.85. The van der Waals surface area contributed by atoms with Crippen LogP contribution < -0.4 is 0 Å². The van der Waals surface area contributed by atoms with Gasteiger partial charge in [-0.2, -0.15) is 0 Å². The number of rotatable bonds is 11. The number of aliphatic carboxylic acids is 1. The number of hydrogen-bond donors (Lipinski definition) is 1. The quantitative estimate of drug-likeness (QED) is 0.407. The van der Waals surface area contributed by atoms with Crippen LogP contribution in [0.25, 0.3) is 0 Å². The zero-order valence-electron chi connectivity index (χ0n) is 12.4. The lowest BCUT2D eigenvalue weighted by Gasteiger charge is -2.13. The fourth-order valence-corrected chi connectivity index (χ4v) is 2.22. The molecule has 0 bridgehead atoms. The van der Waals surface area contributed by atoms with E-state index in [1.165, 1.54) is 44.9 Å². The van der Waals surface area contributed by atoms with Crippen LogP contribution in [0.2, 0.25) is 0 Å². The summed E-state index contributed by atoms with van der Waals surface area (Å²) in [5.74, 6) is 0.0853. The van der Waals surface area contributed by atoms with Crippen molar-refractivity contribution in [3.63, 3.8) is 0 Å². The molecule has 0 amide bonds. The summed E-state index contributed by atoms with van der Waals surface area (Å²) in [5.41, 5.74) is 0.477. The fraction of sp³-hybridized carbons (Fsp3) is 0.812. The molecule has 0 heterocycles. The van der Waals surface area contributed by atoms with E-state index in [4.69, 9.17) is 5.11 Å². The molecule has 0 aromatic heterocycles. The van der Waals surface area contributed by atoms with Crippen LogP contribution in [0.1, 0.15) is 78.6 Å². The Kier molecular flexibility index (Phi) is 10.8. The van der Waals surface area contributed by atoms with Gasteiger partial charge in [-0.25, -0.2) is 4.79 Å². The fourth-order valence-electron chi connectivity index (χ4n) is 2.22. The van der Waals surface area contributed by atoms with Crippen LogP contribution in [-0.2, 0) is 4.79 Å². The predicted octanol–water partition coefficient (Wildman–Crippen LogP) is 5.18. The van der Waals surface area contributed by atoms with Crippen molar-refractivity contribution in [2.75, 3.05) is 0 Å². The van der Waals surface area contributed by atoms with E-state index in [-0.39, 0.29) is 0 Å². The van der Waals surface area contributed by atoms with Crippen molar-refractivity contribution in [2.45, 2.75) is 78.6 Å². The van der Waals surface area contributed by atoms with Crippen LogP contribution in [0.15, 0.2) is 11.6 Å². The summed E-state index contributed by atoms with van der Waals surface area (Å²) in [6.07, 6.45) is 13.1. The Bertz CT molecular complexity index is 243. The van der Waals surface area contributed by atoms with Gasteiger partial charge in [0.05, 0.1) is 0 Å². The minimum atomic E-state index is -0.791. The van der Waals surface area contributed by atoms with Crippen molar-refractivity contribution in [1.82, 2.24) is 0 Å². The summed E-state index contributed by atoms with van der Waals surface area (Å²) >= 11 is 0. The van der Waals surface area contributed by atoms with E-state index in [0.29, 0.717) is 5.57 Å². The molecule has 106 valence electrons. The molecule has 2 nitrogen and oxygen atoms in total. The zero-order chi connectivity index (χ0) is 13.8. The molecule has 1 unspecified atom stereocenters. The van der Waals surface area contributed by atoms with E-state index in [9.17, 15) is 4.79 Å². The third kappa shape index (κ3) is 9.26. The van der Waals surface area contributed by atoms with Crippen LogP contribution in [0, 0.1) is 5.92 Å². The molecule has 0 rings (SSSR count). The molecule has 1 N–H and O–H groups in total. The number of hydrogen-bond acceptors (Lipinski definition) is 1. The first kappa shape index (κ1) is 17.2. The molecule has 0 aromatic carbocycles. The molecule has 0 saturated heterocycles. The van der Waals surface area contributed by atoms with Crippen LogP contribution in [0.3, 0.4) is 0 Å². The van der Waals surface area contributed by atoms with Gasteiger partial charge >= 0.3 is 5.97 Å². The predicted molar refractivity (Wildman–Crippen MR) is 77.8 cm³/mol. The Labute approximate surface area is 112 Å². The lowest BCUT2D eigenvalue weighted by Crippen LogP contribution is -1.99. The van der Waals surface area contributed by atoms with Gasteiger partial charge < -0.3 is 5.11 Å². The van der Waals surface area contributed by atoms with E-state index in [1.807, 2.05) is 6.08 Å². The van der Waals surface area contributed by atoms with Crippen molar-refractivity contribution in [1.29, 1.82) is 0 Å². The Morgan fingerprint density at radius 2 is 1.72 bits per heavy atom. The third-order valence-corrected chi connectivity index (χ3v) is 3.65. The third-order valence-electron chi connectivity index (χ3n) is 3.65. The summed E-state index contributed by atoms with van der Waals surface area (Å²) in [6.45, 7) is 6.20. The van der Waals surface area contributed by atoms with Gasteiger partial charge in [0.1, 0.15) is 0 Å². The maximum Gasteiger partial charge on any atom is 0.330 e. The minimum Gasteiger partial charge on any atom is -0.478 e. The molecular formula is C16H30O2. The lowest BCUT2D eigenvalue weighted by molar-refractivity contribution is -0.132. The highest BCUT2D eigenvalue weighted by Crippen LogP contribution is 2.20. The smallest absolute Gasteiger partial charge is 0.330 e. The Balaban J connectivity index is 3.62. The van der Waals surface area contributed by atoms with Crippen molar-refractivity contribution < 1.29 is 9.90 Å². The second-order valence-electron chi connectivity index (χ2n) is 5.25. The van der Waals surface area contributed by atoms with Crippen molar-refractivity contribution in [3.8, 4) is 0 Å². The average molecular weight is 254 g/mol. The van der Waals surface area contributed by atoms with Crippen molar-refractivity contribution in [2.24, 2.45) is 5.92 Å². The van der Waals surface area contributed by atoms with Crippen LogP contribution in [0.5, 0.6) is 0 Å². The van der Waals surface area contributed by atoms with Crippen molar-refractivity contribution >= 4 is 5.97 Å². The van der Waals surface area contributed by atoms with Gasteiger partial charge in [-0.15, -0.1) is 0 Å². The zero-order valence-corrected chi connectivity index (χ0v) is 12.4. The van der Waals surface area contributed by atoms with Gasteiger partial charge in [0.25, 0.3) is 0 Å². The number of unbranched alkanes of at least 4 members (excludes halogenated alkanes) is 4. The van der Waals surface area contributed by atoms with Gasteiger partial charge in [0.2, 0.25) is 0 Å². The van der Waals surface area contributed by atoms with Crippen molar-refractivity contribution in [3.05, 3.63) is 11.6 Å². The Hall–Kier alpha value is -0.790. The monoisotopic (exact) mass is 254 g/mol. The molecule has 0 saturated carbocycles. The molecule has 0 aliphatic rings. The maximum atomic E-state index is 10.6. The SMILES string of the molecule is CCCCCC(CC)CCCCC=C(C)C(=O)O. The number of allylic oxidation sites excluding steroid dienone is 1. The largest absolute Gasteiger partial charge is 0.478 e. The first-order valence-corrected chi connectivity index (χ1v) is 7.51. The molecule has 0 radical (unpaired) electrons. The molecule has 0 aliphatic carbocycles. The highest BCUT2D eigenvalue weighted by atomic mass is 16.4. The summed E-state index contributed by atoms with van der Waals surface area (Å²) in [4.78, 5) is 10.6. The van der Waals surface area contributed by atoms with Gasteiger partial charge in [0.15, 0.2) is 0 Å². The van der Waals surface area contributed by atoms with E-state index in [2.05, 4.69) is 13.8 Å². The lowest BCUT2D eigenvalue weighted by atomic mass is 9.93. The molecule has 2 heteroatoms. The van der Waals surface area contributed by atoms with E-state index in [0.717, 1.165) is 18.8 Å². The van der Waals surface area contributed by atoms with Crippen LogP contribution >= 0.6 is 0 Å². The topological polar surface area (TPSA) is 37.3 Å². The summed E-state index contributed by atoms with van der Waals surface area (Å²) < 4.78 is 0. The Morgan fingerprint density at radius 1 is 1.11 bits per heavy atom. The average Bonchev–Trinajstić information content (AvgIpc) is 2.36. The standard InChI is InChI=1S/C16H30O2/c1-4-6-8-12-15(5-2)13-10-7-9-11-14(3)16(17)18/h11,15H,4-10,12-13H2,1-3H3,(H,17,18). The number of carboxylic acids is 1. The number of carbonyl (C=O) groups is 1. The summed E-state index contributed by atoms with van der Waals surface area (Å²) in [5, 5.41) is 8.72. The van der Waals surface area contributed by atoms with Gasteiger partial charge in [-0.05, 0) is 25.7 Å². The second kappa shape index (κ2) is 11.3. The highest BCUT2D eigenvalue weighted by Gasteiger charge is 2.05. The number of carboxylic acid groups (broad SMARTS) is 1. The first-order valence-electron chi connectivity index (χ1n) is 7.51. The first-order chi connectivity index (χ1) is 8.61. The molecule has 1 atom stereocenters. The van der Waals surface area contributed by atoms with Crippen LogP contribution in [-0.4, -0.2) is 11.1 Å². The molecular weight excluding hydrogens is 224 g/mol. The molecule has 0 aromatic rings. The van der Waals surface area contributed by atoms with Crippen LogP contribution in [0.4, 0.5) is 0 Å². The van der Waals surface area contributed by atoms with E-state index < -0.39 is 5.97 Å².